The fourth-order valence-electron chi connectivity index (χ4n) is 3.00. The number of hydrogen-bond acceptors (Lipinski definition) is 4. The van der Waals surface area contributed by atoms with Crippen LogP contribution in [0.5, 0.6) is 0 Å². The molecule has 2 aromatic rings. The summed E-state index contributed by atoms with van der Waals surface area (Å²) in [5.41, 5.74) is 0.0378. The van der Waals surface area contributed by atoms with Crippen LogP contribution in [0.1, 0.15) is 12.5 Å². The third-order valence-electron chi connectivity index (χ3n) is 4.35. The fraction of sp³-hybridized carbons (Fsp3) is 0.389. The van der Waals surface area contributed by atoms with Crippen LogP contribution in [0.3, 0.4) is 0 Å². The van der Waals surface area contributed by atoms with Gasteiger partial charge in [-0.2, -0.15) is 0 Å². The average molecular weight is 342 g/mol. The van der Waals surface area contributed by atoms with E-state index < -0.39 is 11.2 Å². The van der Waals surface area contributed by atoms with Crippen LogP contribution in [-0.4, -0.2) is 45.6 Å². The van der Waals surface area contributed by atoms with Crippen LogP contribution in [-0.2, 0) is 17.9 Å². The van der Waals surface area contributed by atoms with Crippen molar-refractivity contribution in [3.8, 4) is 0 Å². The molecule has 2 heterocycles. The molecule has 25 heavy (non-hydrogen) atoms. The van der Waals surface area contributed by atoms with Gasteiger partial charge in [-0.15, -0.1) is 0 Å². The normalized spacial score (nSPS) is 17.5. The maximum absolute atomic E-state index is 12.6. The van der Waals surface area contributed by atoms with E-state index in [1.165, 1.54) is 16.8 Å². The van der Waals surface area contributed by atoms with Crippen LogP contribution in [0, 0.1) is 0 Å². The van der Waals surface area contributed by atoms with Crippen LogP contribution in [0.15, 0.2) is 52.2 Å². The quantitative estimate of drug-likeness (QED) is 0.840. The van der Waals surface area contributed by atoms with Crippen molar-refractivity contribution >= 4 is 5.91 Å². The highest BCUT2D eigenvalue weighted by Gasteiger charge is 2.21. The maximum Gasteiger partial charge on any atom is 0.331 e. The van der Waals surface area contributed by atoms with Gasteiger partial charge < -0.3 is 10.2 Å². The lowest BCUT2D eigenvalue weighted by Crippen LogP contribution is -2.53. The number of hydrogen-bond donors (Lipinski definition) is 1. The van der Waals surface area contributed by atoms with Gasteiger partial charge in [-0.25, -0.2) is 4.79 Å². The zero-order valence-electron chi connectivity index (χ0n) is 14.2. The van der Waals surface area contributed by atoms with Crippen LogP contribution < -0.4 is 16.6 Å². The number of piperazine rings is 1. The molecule has 1 aliphatic rings. The van der Waals surface area contributed by atoms with Gasteiger partial charge in [-0.05, 0) is 12.5 Å². The summed E-state index contributed by atoms with van der Waals surface area (Å²) in [4.78, 5) is 38.9. The maximum atomic E-state index is 12.6. The minimum Gasteiger partial charge on any atom is -0.338 e. The van der Waals surface area contributed by atoms with Crippen molar-refractivity contribution in [1.82, 2.24) is 19.4 Å². The molecule has 132 valence electrons. The van der Waals surface area contributed by atoms with Crippen molar-refractivity contribution in [3.05, 3.63) is 69.0 Å². The summed E-state index contributed by atoms with van der Waals surface area (Å²) in [6.45, 7) is 4.02. The molecule has 1 aliphatic heterocycles. The van der Waals surface area contributed by atoms with Gasteiger partial charge in [0, 0.05) is 37.9 Å². The molecule has 3 rings (SSSR count). The minimum atomic E-state index is -0.465. The van der Waals surface area contributed by atoms with E-state index in [0.29, 0.717) is 19.6 Å². The first-order valence-electron chi connectivity index (χ1n) is 8.40. The van der Waals surface area contributed by atoms with Crippen molar-refractivity contribution in [2.24, 2.45) is 0 Å². The van der Waals surface area contributed by atoms with Gasteiger partial charge in [0.2, 0.25) is 5.91 Å². The monoisotopic (exact) mass is 342 g/mol. The molecule has 0 radical (unpaired) electrons. The number of nitrogens with one attached hydrogen (secondary N) is 1. The Morgan fingerprint density at radius 3 is 2.68 bits per heavy atom. The number of carbonyl (C=O) groups excluding carboxylic acids is 1. The molecule has 1 aromatic heterocycles. The summed E-state index contributed by atoms with van der Waals surface area (Å²) in [6, 6.07) is 11.1. The predicted octanol–water partition coefficient (Wildman–Crippen LogP) is -0.121. The Hall–Kier alpha value is -2.67. The Bertz CT molecular complexity index is 857. The lowest BCUT2D eigenvalue weighted by Gasteiger charge is -2.32. The number of aromatic nitrogens is 2. The van der Waals surface area contributed by atoms with Gasteiger partial charge in [0.25, 0.3) is 5.56 Å². The fourth-order valence-corrected chi connectivity index (χ4v) is 3.00. The molecule has 1 atom stereocenters. The summed E-state index contributed by atoms with van der Waals surface area (Å²) in [5, 5.41) is 3.26. The second-order valence-electron chi connectivity index (χ2n) is 6.33. The van der Waals surface area contributed by atoms with Crippen LogP contribution in [0.25, 0.3) is 0 Å². The highest BCUT2D eigenvalue weighted by Crippen LogP contribution is 2.01. The Labute approximate surface area is 145 Å². The smallest absolute Gasteiger partial charge is 0.331 e. The molecular formula is C18H22N4O3. The van der Waals surface area contributed by atoms with Crippen molar-refractivity contribution in [2.75, 3.05) is 19.6 Å². The van der Waals surface area contributed by atoms with E-state index in [1.54, 1.807) is 4.90 Å². The Morgan fingerprint density at radius 2 is 1.96 bits per heavy atom. The molecule has 0 spiro atoms. The molecule has 1 fully saturated rings. The Balaban J connectivity index is 1.81. The van der Waals surface area contributed by atoms with Gasteiger partial charge in [-0.3, -0.25) is 18.7 Å². The van der Waals surface area contributed by atoms with Crippen molar-refractivity contribution in [1.29, 1.82) is 0 Å². The SMILES string of the molecule is CC1CN(C(=O)Cn2c(=O)ccn(Cc3ccccc3)c2=O)CCN1. The first-order valence-corrected chi connectivity index (χ1v) is 8.40. The lowest BCUT2D eigenvalue weighted by atomic mass is 10.2. The van der Waals surface area contributed by atoms with Crippen molar-refractivity contribution < 1.29 is 4.79 Å². The van der Waals surface area contributed by atoms with Gasteiger partial charge in [0.05, 0.1) is 6.54 Å². The van der Waals surface area contributed by atoms with Gasteiger partial charge in [-0.1, -0.05) is 30.3 Å². The van der Waals surface area contributed by atoms with Gasteiger partial charge in [0.1, 0.15) is 6.54 Å². The Kier molecular flexibility index (Phi) is 5.14. The highest BCUT2D eigenvalue weighted by atomic mass is 16.2. The third-order valence-corrected chi connectivity index (χ3v) is 4.35. The van der Waals surface area contributed by atoms with Crippen LogP contribution >= 0.6 is 0 Å². The Morgan fingerprint density at radius 1 is 1.20 bits per heavy atom. The molecular weight excluding hydrogens is 320 g/mol. The first-order chi connectivity index (χ1) is 12.0. The third kappa shape index (κ3) is 4.06. The zero-order chi connectivity index (χ0) is 17.8. The van der Waals surface area contributed by atoms with Crippen LogP contribution in [0.4, 0.5) is 0 Å². The summed E-state index contributed by atoms with van der Waals surface area (Å²) in [6.07, 6.45) is 1.48. The molecule has 1 saturated heterocycles. The second-order valence-corrected chi connectivity index (χ2v) is 6.33. The lowest BCUT2D eigenvalue weighted by molar-refractivity contribution is -0.133. The van der Waals surface area contributed by atoms with E-state index in [1.807, 2.05) is 37.3 Å². The standard InChI is InChI=1S/C18H22N4O3/c1-14-11-20(10-8-19-14)17(24)13-22-16(23)7-9-21(18(22)25)12-15-5-3-2-4-6-15/h2-7,9,14,19H,8,10-13H2,1H3. The number of benzene rings is 1. The molecule has 1 N–H and O–H groups in total. The van der Waals surface area contributed by atoms with E-state index in [4.69, 9.17) is 0 Å². The largest absolute Gasteiger partial charge is 0.338 e. The molecule has 1 amide bonds. The predicted molar refractivity (Wildman–Crippen MR) is 94.6 cm³/mol. The van der Waals surface area contributed by atoms with Gasteiger partial charge >= 0.3 is 5.69 Å². The molecule has 1 aromatic carbocycles. The van der Waals surface area contributed by atoms with E-state index in [-0.39, 0.29) is 18.5 Å². The summed E-state index contributed by atoms with van der Waals surface area (Å²) in [5.74, 6) is -0.204. The molecule has 0 saturated carbocycles. The number of amides is 1. The zero-order valence-corrected chi connectivity index (χ0v) is 14.2. The number of nitrogens with zero attached hydrogens (tertiary/aromatic N) is 3. The van der Waals surface area contributed by atoms with E-state index in [0.717, 1.165) is 16.7 Å². The van der Waals surface area contributed by atoms with E-state index >= 15 is 0 Å². The topological polar surface area (TPSA) is 76.3 Å². The molecule has 0 aliphatic carbocycles. The minimum absolute atomic E-state index is 0.204. The number of rotatable bonds is 4. The first kappa shape index (κ1) is 17.2. The average Bonchev–Trinajstić information content (AvgIpc) is 2.62. The second kappa shape index (κ2) is 7.48. The molecule has 0 bridgehead atoms. The van der Waals surface area contributed by atoms with Crippen molar-refractivity contribution in [2.45, 2.75) is 26.1 Å². The van der Waals surface area contributed by atoms with Gasteiger partial charge in [0.15, 0.2) is 0 Å². The summed E-state index contributed by atoms with van der Waals surface area (Å²) in [7, 11) is 0. The summed E-state index contributed by atoms with van der Waals surface area (Å²) < 4.78 is 2.46. The summed E-state index contributed by atoms with van der Waals surface area (Å²) >= 11 is 0. The van der Waals surface area contributed by atoms with Crippen molar-refractivity contribution in [3.63, 3.8) is 0 Å². The molecule has 7 nitrogen and oxygen atoms in total. The van der Waals surface area contributed by atoms with E-state index in [9.17, 15) is 14.4 Å². The molecule has 7 heteroatoms. The highest BCUT2D eigenvalue weighted by molar-refractivity contribution is 5.76. The number of carbonyl (C=O) groups is 1. The van der Waals surface area contributed by atoms with Crippen LogP contribution in [0.2, 0.25) is 0 Å². The molecule has 1 unspecified atom stereocenters. The van der Waals surface area contributed by atoms with E-state index in [2.05, 4.69) is 5.32 Å².